The monoisotopic (exact) mass is 401 g/mol. The summed E-state index contributed by atoms with van der Waals surface area (Å²) in [6, 6.07) is 19.4. The third-order valence-electron chi connectivity index (χ3n) is 4.60. The standard InChI is InChI=1S/C23H19N3O4/c1-15(27)24-17-9-11-18(12-10-17)25-21-20(16-6-3-2-4-7-16)22(28)26(23(21)29)14-19-8-5-13-30-19/h2-13,25H,14H2,1H3,(H,24,27). The number of furan rings is 1. The molecule has 7 nitrogen and oxygen atoms in total. The van der Waals surface area contributed by atoms with Crippen LogP contribution in [0.4, 0.5) is 11.4 Å². The van der Waals surface area contributed by atoms with Crippen molar-refractivity contribution < 1.29 is 18.8 Å². The van der Waals surface area contributed by atoms with Crippen LogP contribution in [0, 0.1) is 0 Å². The van der Waals surface area contributed by atoms with Gasteiger partial charge in [-0.25, -0.2) is 0 Å². The van der Waals surface area contributed by atoms with Gasteiger partial charge in [-0.15, -0.1) is 0 Å². The minimum Gasteiger partial charge on any atom is -0.467 e. The van der Waals surface area contributed by atoms with E-state index < -0.39 is 5.91 Å². The van der Waals surface area contributed by atoms with Crippen LogP contribution in [0.15, 0.2) is 83.1 Å². The number of carbonyl (C=O) groups is 3. The van der Waals surface area contributed by atoms with Gasteiger partial charge < -0.3 is 15.1 Å². The quantitative estimate of drug-likeness (QED) is 0.616. The van der Waals surface area contributed by atoms with Gasteiger partial charge >= 0.3 is 0 Å². The lowest BCUT2D eigenvalue weighted by Crippen LogP contribution is -2.31. The van der Waals surface area contributed by atoms with E-state index in [1.807, 2.05) is 18.2 Å². The Labute approximate surface area is 173 Å². The molecule has 2 N–H and O–H groups in total. The number of carbonyl (C=O) groups excluding carboxylic acids is 3. The van der Waals surface area contributed by atoms with Gasteiger partial charge in [-0.05, 0) is 42.0 Å². The van der Waals surface area contributed by atoms with Crippen molar-refractivity contribution in [2.45, 2.75) is 13.5 Å². The van der Waals surface area contributed by atoms with Crippen molar-refractivity contribution in [3.05, 3.63) is 90.0 Å². The van der Waals surface area contributed by atoms with Crippen molar-refractivity contribution in [2.24, 2.45) is 0 Å². The van der Waals surface area contributed by atoms with Gasteiger partial charge in [0.05, 0.1) is 18.4 Å². The molecule has 0 spiro atoms. The summed E-state index contributed by atoms with van der Waals surface area (Å²) < 4.78 is 5.31. The van der Waals surface area contributed by atoms with Crippen molar-refractivity contribution in [3.8, 4) is 0 Å². The molecule has 3 aromatic rings. The van der Waals surface area contributed by atoms with Gasteiger partial charge in [0.2, 0.25) is 5.91 Å². The third-order valence-corrected chi connectivity index (χ3v) is 4.60. The van der Waals surface area contributed by atoms with Gasteiger partial charge in [0.25, 0.3) is 11.8 Å². The number of anilines is 2. The highest BCUT2D eigenvalue weighted by atomic mass is 16.3. The Kier molecular flexibility index (Phi) is 5.17. The molecule has 1 aliphatic rings. The van der Waals surface area contributed by atoms with E-state index in [2.05, 4.69) is 10.6 Å². The SMILES string of the molecule is CC(=O)Nc1ccc(NC2=C(c3ccccc3)C(=O)N(Cc3ccco3)C2=O)cc1. The van der Waals surface area contributed by atoms with Gasteiger partial charge in [-0.3, -0.25) is 19.3 Å². The molecule has 0 bridgehead atoms. The molecular weight excluding hydrogens is 382 g/mol. The number of imide groups is 1. The maximum Gasteiger partial charge on any atom is 0.278 e. The van der Waals surface area contributed by atoms with Gasteiger partial charge in [-0.1, -0.05) is 30.3 Å². The zero-order valence-corrected chi connectivity index (χ0v) is 16.2. The largest absolute Gasteiger partial charge is 0.467 e. The summed E-state index contributed by atoms with van der Waals surface area (Å²) in [4.78, 5) is 38.6. The predicted molar refractivity (Wildman–Crippen MR) is 112 cm³/mol. The molecule has 4 rings (SSSR count). The molecule has 3 amide bonds. The molecule has 0 aliphatic carbocycles. The molecule has 0 atom stereocenters. The van der Waals surface area contributed by atoms with E-state index in [-0.39, 0.29) is 24.1 Å². The number of hydrogen-bond acceptors (Lipinski definition) is 5. The molecule has 2 heterocycles. The predicted octanol–water partition coefficient (Wildman–Crippen LogP) is 3.63. The summed E-state index contributed by atoms with van der Waals surface area (Å²) in [7, 11) is 0. The van der Waals surface area contributed by atoms with Gasteiger partial charge in [0.15, 0.2) is 0 Å². The molecule has 30 heavy (non-hydrogen) atoms. The number of nitrogens with zero attached hydrogens (tertiary/aromatic N) is 1. The summed E-state index contributed by atoms with van der Waals surface area (Å²) in [6.07, 6.45) is 1.50. The third kappa shape index (κ3) is 3.86. The van der Waals surface area contributed by atoms with Crippen LogP contribution in [-0.4, -0.2) is 22.6 Å². The van der Waals surface area contributed by atoms with E-state index in [9.17, 15) is 14.4 Å². The Morgan fingerprint density at radius 1 is 0.900 bits per heavy atom. The second kappa shape index (κ2) is 8.08. The van der Waals surface area contributed by atoms with E-state index in [1.54, 1.807) is 48.5 Å². The highest BCUT2D eigenvalue weighted by Gasteiger charge is 2.39. The van der Waals surface area contributed by atoms with Crippen LogP contribution in [0.2, 0.25) is 0 Å². The number of benzene rings is 2. The summed E-state index contributed by atoms with van der Waals surface area (Å²) in [6.45, 7) is 1.48. The van der Waals surface area contributed by atoms with E-state index in [4.69, 9.17) is 4.42 Å². The van der Waals surface area contributed by atoms with Crippen LogP contribution in [0.1, 0.15) is 18.2 Å². The topological polar surface area (TPSA) is 91.7 Å². The maximum absolute atomic E-state index is 13.1. The summed E-state index contributed by atoms with van der Waals surface area (Å²) in [5, 5.41) is 5.77. The van der Waals surface area contributed by atoms with Crippen molar-refractivity contribution in [2.75, 3.05) is 10.6 Å². The molecule has 0 saturated carbocycles. The second-order valence-corrected chi connectivity index (χ2v) is 6.78. The lowest BCUT2D eigenvalue weighted by molar-refractivity contribution is -0.137. The van der Waals surface area contributed by atoms with Crippen LogP contribution in [0.5, 0.6) is 0 Å². The fraction of sp³-hybridized carbons (Fsp3) is 0.0870. The zero-order chi connectivity index (χ0) is 21.1. The fourth-order valence-corrected chi connectivity index (χ4v) is 3.25. The van der Waals surface area contributed by atoms with Crippen molar-refractivity contribution in [1.82, 2.24) is 4.90 Å². The first-order valence-corrected chi connectivity index (χ1v) is 9.36. The highest BCUT2D eigenvalue weighted by molar-refractivity contribution is 6.36. The summed E-state index contributed by atoms with van der Waals surface area (Å²) in [5.74, 6) is -0.471. The fourth-order valence-electron chi connectivity index (χ4n) is 3.25. The lowest BCUT2D eigenvalue weighted by atomic mass is 10.0. The average Bonchev–Trinajstić information content (AvgIpc) is 3.33. The maximum atomic E-state index is 13.1. The zero-order valence-electron chi connectivity index (χ0n) is 16.2. The molecule has 150 valence electrons. The molecular formula is C23H19N3O4. The van der Waals surface area contributed by atoms with Crippen LogP contribution in [0.25, 0.3) is 5.57 Å². The first-order chi connectivity index (χ1) is 14.5. The Morgan fingerprint density at radius 2 is 1.60 bits per heavy atom. The minimum atomic E-state index is -0.429. The molecule has 0 fully saturated rings. The Bertz CT molecular complexity index is 1120. The molecule has 1 aliphatic heterocycles. The van der Waals surface area contributed by atoms with Gasteiger partial charge in [0, 0.05) is 18.3 Å². The Balaban J connectivity index is 1.67. The smallest absolute Gasteiger partial charge is 0.278 e. The number of rotatable bonds is 6. The molecule has 7 heteroatoms. The number of nitrogens with one attached hydrogen (secondary N) is 2. The van der Waals surface area contributed by atoms with Gasteiger partial charge in [-0.2, -0.15) is 0 Å². The van der Waals surface area contributed by atoms with Crippen molar-refractivity contribution >= 4 is 34.7 Å². The van der Waals surface area contributed by atoms with Crippen LogP contribution >= 0.6 is 0 Å². The van der Waals surface area contributed by atoms with Gasteiger partial charge in [0.1, 0.15) is 11.5 Å². The number of hydrogen-bond donors (Lipinski definition) is 2. The Hall–Kier alpha value is -4.13. The van der Waals surface area contributed by atoms with E-state index in [0.29, 0.717) is 28.3 Å². The molecule has 0 unspecified atom stereocenters. The highest BCUT2D eigenvalue weighted by Crippen LogP contribution is 2.31. The van der Waals surface area contributed by atoms with Crippen LogP contribution in [0.3, 0.4) is 0 Å². The van der Waals surface area contributed by atoms with E-state index in [0.717, 1.165) is 4.90 Å². The second-order valence-electron chi connectivity index (χ2n) is 6.78. The Morgan fingerprint density at radius 3 is 2.23 bits per heavy atom. The first-order valence-electron chi connectivity index (χ1n) is 9.36. The van der Waals surface area contributed by atoms with E-state index >= 15 is 0 Å². The lowest BCUT2D eigenvalue weighted by Gasteiger charge is -2.13. The molecule has 2 aromatic carbocycles. The molecule has 1 aromatic heterocycles. The van der Waals surface area contributed by atoms with Crippen LogP contribution < -0.4 is 10.6 Å². The van der Waals surface area contributed by atoms with E-state index in [1.165, 1.54) is 13.2 Å². The summed E-state index contributed by atoms with van der Waals surface area (Å²) >= 11 is 0. The first kappa shape index (κ1) is 19.2. The average molecular weight is 401 g/mol. The normalized spacial score (nSPS) is 13.7. The van der Waals surface area contributed by atoms with Crippen LogP contribution in [-0.2, 0) is 20.9 Å². The number of amides is 3. The minimum absolute atomic E-state index is 0.0493. The van der Waals surface area contributed by atoms with Crippen molar-refractivity contribution in [3.63, 3.8) is 0 Å². The molecule has 0 radical (unpaired) electrons. The molecule has 0 saturated heterocycles. The summed E-state index contributed by atoms with van der Waals surface area (Å²) in [5.41, 5.74) is 2.41. The van der Waals surface area contributed by atoms with Crippen molar-refractivity contribution in [1.29, 1.82) is 0 Å².